The molecule has 0 spiro atoms. The molecule has 15 heavy (non-hydrogen) atoms. The number of hydrogen-bond donors (Lipinski definition) is 1. The zero-order chi connectivity index (χ0) is 9.99. The number of nitrogens with two attached hydrogens (primary N) is 1. The van der Waals surface area contributed by atoms with Crippen molar-refractivity contribution in [2.24, 2.45) is 41.2 Å². The van der Waals surface area contributed by atoms with Gasteiger partial charge in [-0.3, -0.25) is 0 Å². The zero-order valence-electron chi connectivity index (χ0n) is 9.57. The van der Waals surface area contributed by atoms with Gasteiger partial charge in [0, 0.05) is 6.04 Å². The summed E-state index contributed by atoms with van der Waals surface area (Å²) in [5.41, 5.74) is 6.53. The Balaban J connectivity index is 1.48. The van der Waals surface area contributed by atoms with Crippen molar-refractivity contribution < 1.29 is 0 Å². The van der Waals surface area contributed by atoms with Crippen molar-refractivity contribution in [1.29, 1.82) is 0 Å². The predicted octanol–water partition coefficient (Wildman–Crippen LogP) is 2.80. The Bertz CT molecular complexity index is 253. The molecule has 5 unspecified atom stereocenters. The molecule has 0 aromatic carbocycles. The lowest BCUT2D eigenvalue weighted by molar-refractivity contribution is 0.327. The molecule has 4 fully saturated rings. The van der Waals surface area contributed by atoms with Crippen LogP contribution in [0.2, 0.25) is 0 Å². The molecule has 84 valence electrons. The van der Waals surface area contributed by atoms with Crippen LogP contribution < -0.4 is 5.73 Å². The number of hydrogen-bond acceptors (Lipinski definition) is 1. The first-order chi connectivity index (χ1) is 7.36. The monoisotopic (exact) mass is 205 g/mol. The lowest BCUT2D eigenvalue weighted by Crippen LogP contribution is -2.33. The van der Waals surface area contributed by atoms with Gasteiger partial charge >= 0.3 is 0 Å². The van der Waals surface area contributed by atoms with Gasteiger partial charge in [-0.15, -0.1) is 0 Å². The van der Waals surface area contributed by atoms with Crippen LogP contribution in [0, 0.1) is 35.5 Å². The summed E-state index contributed by atoms with van der Waals surface area (Å²) < 4.78 is 0. The van der Waals surface area contributed by atoms with E-state index >= 15 is 0 Å². The second-order valence-corrected chi connectivity index (χ2v) is 6.69. The third kappa shape index (κ3) is 1.13. The Morgan fingerprint density at radius 2 is 1.47 bits per heavy atom. The molecule has 5 atom stereocenters. The molecule has 2 bridgehead atoms. The van der Waals surface area contributed by atoms with Crippen LogP contribution in [0.5, 0.6) is 0 Å². The van der Waals surface area contributed by atoms with E-state index in [-0.39, 0.29) is 0 Å². The molecule has 0 heterocycles. The molecule has 0 radical (unpaired) electrons. The second-order valence-electron chi connectivity index (χ2n) is 6.69. The van der Waals surface area contributed by atoms with Gasteiger partial charge in [0.2, 0.25) is 0 Å². The van der Waals surface area contributed by atoms with Crippen LogP contribution in [0.1, 0.15) is 44.9 Å². The normalized spacial score (nSPS) is 54.6. The van der Waals surface area contributed by atoms with Crippen molar-refractivity contribution >= 4 is 0 Å². The highest BCUT2D eigenvalue weighted by Gasteiger charge is 2.66. The first-order valence-corrected chi connectivity index (χ1v) is 7.12. The van der Waals surface area contributed by atoms with Crippen molar-refractivity contribution in [3.8, 4) is 0 Å². The molecule has 4 aliphatic carbocycles. The van der Waals surface area contributed by atoms with Gasteiger partial charge in [-0.1, -0.05) is 12.8 Å². The van der Waals surface area contributed by atoms with Crippen LogP contribution in [-0.4, -0.2) is 6.04 Å². The van der Waals surface area contributed by atoms with E-state index in [0.29, 0.717) is 6.04 Å². The van der Waals surface area contributed by atoms with Gasteiger partial charge in [0.25, 0.3) is 0 Å². The van der Waals surface area contributed by atoms with Crippen molar-refractivity contribution in [1.82, 2.24) is 0 Å². The zero-order valence-corrected chi connectivity index (χ0v) is 9.57. The van der Waals surface area contributed by atoms with Gasteiger partial charge < -0.3 is 5.73 Å². The van der Waals surface area contributed by atoms with Crippen LogP contribution >= 0.6 is 0 Å². The minimum Gasteiger partial charge on any atom is -0.327 e. The van der Waals surface area contributed by atoms with Crippen molar-refractivity contribution in [2.75, 3.05) is 0 Å². The fraction of sp³-hybridized carbons (Fsp3) is 1.00. The topological polar surface area (TPSA) is 26.0 Å². The van der Waals surface area contributed by atoms with E-state index in [2.05, 4.69) is 0 Å². The van der Waals surface area contributed by atoms with Gasteiger partial charge in [0.15, 0.2) is 0 Å². The van der Waals surface area contributed by atoms with Crippen molar-refractivity contribution in [3.05, 3.63) is 0 Å². The summed E-state index contributed by atoms with van der Waals surface area (Å²) in [5, 5.41) is 0. The smallest absolute Gasteiger partial charge is 0.0101 e. The molecule has 0 aromatic rings. The SMILES string of the molecule is NC(C1CCCC1)C1C2C3CCC(C3)C21. The number of rotatable bonds is 2. The van der Waals surface area contributed by atoms with Gasteiger partial charge in [0.1, 0.15) is 0 Å². The highest BCUT2D eigenvalue weighted by atomic mass is 14.8. The van der Waals surface area contributed by atoms with Crippen molar-refractivity contribution in [3.63, 3.8) is 0 Å². The van der Waals surface area contributed by atoms with Crippen LogP contribution in [0.3, 0.4) is 0 Å². The van der Waals surface area contributed by atoms with Crippen LogP contribution in [0.25, 0.3) is 0 Å². The fourth-order valence-corrected chi connectivity index (χ4v) is 5.56. The van der Waals surface area contributed by atoms with E-state index in [0.717, 1.165) is 35.5 Å². The molecular formula is C14H23N. The molecule has 1 nitrogen and oxygen atoms in total. The maximum absolute atomic E-state index is 6.53. The lowest BCUT2D eigenvalue weighted by atomic mass is 9.89. The summed E-state index contributed by atoms with van der Waals surface area (Å²) in [5.74, 6) is 6.29. The van der Waals surface area contributed by atoms with E-state index in [1.54, 1.807) is 19.3 Å². The first kappa shape index (κ1) is 9.04. The molecule has 1 heteroatoms. The largest absolute Gasteiger partial charge is 0.327 e. The van der Waals surface area contributed by atoms with Gasteiger partial charge in [-0.2, -0.15) is 0 Å². The Labute approximate surface area is 92.8 Å². The summed E-state index contributed by atoms with van der Waals surface area (Å²) in [6.45, 7) is 0. The summed E-state index contributed by atoms with van der Waals surface area (Å²) in [7, 11) is 0. The summed E-state index contributed by atoms with van der Waals surface area (Å²) in [6.07, 6.45) is 10.4. The molecule has 0 saturated heterocycles. The van der Waals surface area contributed by atoms with Gasteiger partial charge in [0.05, 0.1) is 0 Å². The third-order valence-corrected chi connectivity index (χ3v) is 6.18. The van der Waals surface area contributed by atoms with Gasteiger partial charge in [-0.05, 0) is 67.6 Å². The molecule has 4 aliphatic rings. The molecule has 0 amide bonds. The summed E-state index contributed by atoms with van der Waals surface area (Å²) in [4.78, 5) is 0. The average Bonchev–Trinajstić information content (AvgIpc) is 2.70. The highest BCUT2D eigenvalue weighted by Crippen LogP contribution is 2.70. The lowest BCUT2D eigenvalue weighted by Gasteiger charge is -2.22. The van der Waals surface area contributed by atoms with E-state index in [1.807, 2.05) is 0 Å². The third-order valence-electron chi connectivity index (χ3n) is 6.18. The molecule has 2 N–H and O–H groups in total. The fourth-order valence-electron chi connectivity index (χ4n) is 5.56. The minimum atomic E-state index is 0.589. The molecule has 0 aliphatic heterocycles. The number of fused-ring (bicyclic) bond motifs is 5. The van der Waals surface area contributed by atoms with Gasteiger partial charge in [-0.25, -0.2) is 0 Å². The van der Waals surface area contributed by atoms with E-state index in [1.165, 1.54) is 25.7 Å². The average molecular weight is 205 g/mol. The minimum absolute atomic E-state index is 0.589. The summed E-state index contributed by atoms with van der Waals surface area (Å²) in [6, 6.07) is 0.589. The standard InChI is InChI=1S/C14H23N/c15-14(8-3-1-2-4-8)13-11-9-5-6-10(7-9)12(11)13/h8-14H,1-7,15H2. The second kappa shape index (κ2) is 3.00. The Morgan fingerprint density at radius 3 is 2.07 bits per heavy atom. The molecule has 4 rings (SSSR count). The highest BCUT2D eigenvalue weighted by molar-refractivity contribution is 5.16. The Kier molecular flexibility index (Phi) is 1.81. The van der Waals surface area contributed by atoms with Crippen LogP contribution in [0.4, 0.5) is 0 Å². The maximum Gasteiger partial charge on any atom is 0.0101 e. The molecule has 4 saturated carbocycles. The quantitative estimate of drug-likeness (QED) is 0.737. The van der Waals surface area contributed by atoms with Crippen LogP contribution in [0.15, 0.2) is 0 Å². The Morgan fingerprint density at radius 1 is 0.867 bits per heavy atom. The van der Waals surface area contributed by atoms with Crippen LogP contribution in [-0.2, 0) is 0 Å². The van der Waals surface area contributed by atoms with E-state index in [9.17, 15) is 0 Å². The summed E-state index contributed by atoms with van der Waals surface area (Å²) >= 11 is 0. The first-order valence-electron chi connectivity index (χ1n) is 7.12. The van der Waals surface area contributed by atoms with Crippen molar-refractivity contribution in [2.45, 2.75) is 51.0 Å². The maximum atomic E-state index is 6.53. The Hall–Kier alpha value is -0.0400. The molecule has 0 aromatic heterocycles. The predicted molar refractivity (Wildman–Crippen MR) is 61.2 cm³/mol. The molecular weight excluding hydrogens is 182 g/mol. The van der Waals surface area contributed by atoms with E-state index in [4.69, 9.17) is 5.73 Å². The van der Waals surface area contributed by atoms with E-state index < -0.39 is 0 Å².